The topological polar surface area (TPSA) is 87.6 Å². The largest absolute Gasteiger partial charge is 0.383 e. The molecule has 0 amide bonds. The summed E-state index contributed by atoms with van der Waals surface area (Å²) in [6.07, 6.45) is 2.26. The molecule has 0 saturated heterocycles. The van der Waals surface area contributed by atoms with Gasteiger partial charge in [0.15, 0.2) is 0 Å². The first-order valence-corrected chi connectivity index (χ1v) is 6.58. The Morgan fingerprint density at radius 2 is 2.15 bits per heavy atom. The summed E-state index contributed by atoms with van der Waals surface area (Å²) in [5.74, 6) is 2.49. The van der Waals surface area contributed by atoms with Crippen molar-refractivity contribution in [2.45, 2.75) is 25.7 Å². The highest BCUT2D eigenvalue weighted by Crippen LogP contribution is 2.39. The van der Waals surface area contributed by atoms with Crippen LogP contribution in [0.1, 0.15) is 35.7 Å². The number of benzene rings is 1. The summed E-state index contributed by atoms with van der Waals surface area (Å²) in [7, 11) is 0. The highest BCUT2D eigenvalue weighted by Gasteiger charge is 2.27. The average molecular weight is 265 g/mol. The number of nitrogen functional groups attached to an aromatic ring is 1. The Morgan fingerprint density at radius 1 is 1.35 bits per heavy atom. The summed E-state index contributed by atoms with van der Waals surface area (Å²) >= 11 is 0. The number of nitriles is 1. The third kappa shape index (κ3) is 2.41. The summed E-state index contributed by atoms with van der Waals surface area (Å²) < 4.78 is 0. The molecule has 1 aromatic heterocycles. The quantitative estimate of drug-likeness (QED) is 0.890. The molecule has 2 aromatic rings. The third-order valence-corrected chi connectivity index (χ3v) is 3.40. The molecular formula is C15H15N5. The lowest BCUT2D eigenvalue weighted by Crippen LogP contribution is -2.06. The SMILES string of the molecule is Cc1c(N)nc(C2CC2)nc1Nc1cccc(C#N)c1. The van der Waals surface area contributed by atoms with E-state index in [9.17, 15) is 0 Å². The molecule has 3 rings (SSSR count). The zero-order chi connectivity index (χ0) is 14.1. The number of hydrogen-bond donors (Lipinski definition) is 2. The van der Waals surface area contributed by atoms with Gasteiger partial charge < -0.3 is 11.1 Å². The minimum absolute atomic E-state index is 0.448. The van der Waals surface area contributed by atoms with Crippen LogP contribution >= 0.6 is 0 Å². The Bertz CT molecular complexity index is 698. The molecule has 5 nitrogen and oxygen atoms in total. The smallest absolute Gasteiger partial charge is 0.139 e. The molecular weight excluding hydrogens is 250 g/mol. The lowest BCUT2D eigenvalue weighted by Gasteiger charge is -2.12. The van der Waals surface area contributed by atoms with Crippen LogP contribution in [-0.2, 0) is 0 Å². The Kier molecular flexibility index (Phi) is 2.99. The molecule has 1 aromatic carbocycles. The number of nitrogens with zero attached hydrogens (tertiary/aromatic N) is 3. The molecule has 100 valence electrons. The van der Waals surface area contributed by atoms with E-state index in [0.717, 1.165) is 35.7 Å². The van der Waals surface area contributed by atoms with Gasteiger partial charge in [-0.1, -0.05) is 6.07 Å². The van der Waals surface area contributed by atoms with Gasteiger partial charge in [0.2, 0.25) is 0 Å². The fraction of sp³-hybridized carbons (Fsp3) is 0.267. The third-order valence-electron chi connectivity index (χ3n) is 3.40. The van der Waals surface area contributed by atoms with Crippen molar-refractivity contribution in [1.82, 2.24) is 9.97 Å². The van der Waals surface area contributed by atoms with E-state index in [4.69, 9.17) is 11.0 Å². The van der Waals surface area contributed by atoms with Crippen molar-refractivity contribution in [3.63, 3.8) is 0 Å². The molecule has 1 heterocycles. The van der Waals surface area contributed by atoms with Gasteiger partial charge in [-0.2, -0.15) is 5.26 Å². The van der Waals surface area contributed by atoms with Crippen LogP contribution < -0.4 is 11.1 Å². The molecule has 1 aliphatic rings. The highest BCUT2D eigenvalue weighted by molar-refractivity contribution is 5.64. The average Bonchev–Trinajstić information content (AvgIpc) is 3.28. The molecule has 1 aliphatic carbocycles. The highest BCUT2D eigenvalue weighted by atomic mass is 15.1. The van der Waals surface area contributed by atoms with Gasteiger partial charge in [0.1, 0.15) is 17.5 Å². The van der Waals surface area contributed by atoms with Crippen molar-refractivity contribution in [2.75, 3.05) is 11.1 Å². The number of rotatable bonds is 3. The normalized spacial score (nSPS) is 13.8. The number of hydrogen-bond acceptors (Lipinski definition) is 5. The van der Waals surface area contributed by atoms with Crippen LogP contribution in [0.5, 0.6) is 0 Å². The zero-order valence-electron chi connectivity index (χ0n) is 11.2. The molecule has 0 spiro atoms. The Labute approximate surface area is 117 Å². The number of nitrogens with two attached hydrogens (primary N) is 1. The molecule has 3 N–H and O–H groups in total. The summed E-state index contributed by atoms with van der Waals surface area (Å²) in [5.41, 5.74) is 8.22. The van der Waals surface area contributed by atoms with Crippen LogP contribution in [0.2, 0.25) is 0 Å². The van der Waals surface area contributed by atoms with E-state index in [1.165, 1.54) is 0 Å². The van der Waals surface area contributed by atoms with Crippen molar-refractivity contribution >= 4 is 17.3 Å². The maximum atomic E-state index is 8.93. The Hall–Kier alpha value is -2.61. The monoisotopic (exact) mass is 265 g/mol. The first kappa shape index (κ1) is 12.4. The molecule has 5 heteroatoms. The van der Waals surface area contributed by atoms with E-state index >= 15 is 0 Å². The van der Waals surface area contributed by atoms with Crippen LogP contribution in [-0.4, -0.2) is 9.97 Å². The molecule has 0 bridgehead atoms. The summed E-state index contributed by atoms with van der Waals surface area (Å²) in [6.45, 7) is 1.89. The predicted octanol–water partition coefficient (Wildman–Crippen LogP) is 2.86. The van der Waals surface area contributed by atoms with Crippen LogP contribution in [0.3, 0.4) is 0 Å². The minimum Gasteiger partial charge on any atom is -0.383 e. The molecule has 1 fully saturated rings. The summed E-state index contributed by atoms with van der Waals surface area (Å²) in [6, 6.07) is 9.41. The van der Waals surface area contributed by atoms with Gasteiger partial charge >= 0.3 is 0 Å². The van der Waals surface area contributed by atoms with E-state index in [2.05, 4.69) is 21.4 Å². The van der Waals surface area contributed by atoms with Gasteiger partial charge in [-0.25, -0.2) is 9.97 Å². The second kappa shape index (κ2) is 4.82. The van der Waals surface area contributed by atoms with E-state index in [-0.39, 0.29) is 0 Å². The Balaban J connectivity index is 1.95. The van der Waals surface area contributed by atoms with Crippen molar-refractivity contribution in [1.29, 1.82) is 5.26 Å². The van der Waals surface area contributed by atoms with Crippen molar-refractivity contribution in [2.24, 2.45) is 0 Å². The van der Waals surface area contributed by atoms with Gasteiger partial charge in [0.05, 0.1) is 11.6 Å². The fourth-order valence-electron chi connectivity index (χ4n) is 2.00. The lowest BCUT2D eigenvalue weighted by atomic mass is 10.2. The zero-order valence-corrected chi connectivity index (χ0v) is 11.2. The van der Waals surface area contributed by atoms with E-state index < -0.39 is 0 Å². The number of aromatic nitrogens is 2. The molecule has 0 unspecified atom stereocenters. The molecule has 0 atom stereocenters. The molecule has 0 aliphatic heterocycles. The van der Waals surface area contributed by atoms with Crippen molar-refractivity contribution in [3.05, 3.63) is 41.2 Å². The van der Waals surface area contributed by atoms with Crippen LogP contribution in [0.4, 0.5) is 17.3 Å². The van der Waals surface area contributed by atoms with Gasteiger partial charge in [0, 0.05) is 17.2 Å². The summed E-state index contributed by atoms with van der Waals surface area (Å²) in [5, 5.41) is 12.2. The number of nitrogens with one attached hydrogen (secondary N) is 1. The molecule has 0 radical (unpaired) electrons. The maximum Gasteiger partial charge on any atom is 0.139 e. The van der Waals surface area contributed by atoms with E-state index in [1.54, 1.807) is 12.1 Å². The van der Waals surface area contributed by atoms with Crippen LogP contribution in [0, 0.1) is 18.3 Å². The predicted molar refractivity (Wildman–Crippen MR) is 77.6 cm³/mol. The van der Waals surface area contributed by atoms with Crippen molar-refractivity contribution < 1.29 is 0 Å². The molecule has 1 saturated carbocycles. The van der Waals surface area contributed by atoms with Crippen molar-refractivity contribution in [3.8, 4) is 6.07 Å². The maximum absolute atomic E-state index is 8.93. The van der Waals surface area contributed by atoms with Gasteiger partial charge in [0.25, 0.3) is 0 Å². The Morgan fingerprint density at radius 3 is 2.85 bits per heavy atom. The van der Waals surface area contributed by atoms with Crippen LogP contribution in [0.15, 0.2) is 24.3 Å². The molecule has 20 heavy (non-hydrogen) atoms. The first-order valence-electron chi connectivity index (χ1n) is 6.58. The number of anilines is 3. The second-order valence-electron chi connectivity index (χ2n) is 5.03. The minimum atomic E-state index is 0.448. The van der Waals surface area contributed by atoms with E-state index in [0.29, 0.717) is 17.3 Å². The second-order valence-corrected chi connectivity index (χ2v) is 5.03. The van der Waals surface area contributed by atoms with E-state index in [1.807, 2.05) is 19.1 Å². The standard InChI is InChI=1S/C15H15N5/c1-9-13(17)19-15(11-5-6-11)20-14(9)18-12-4-2-3-10(7-12)8-16/h2-4,7,11H,5-6H2,1H3,(H3,17,18,19,20). The first-order chi connectivity index (χ1) is 9.67. The van der Waals surface area contributed by atoms with Gasteiger partial charge in [-0.15, -0.1) is 0 Å². The van der Waals surface area contributed by atoms with Gasteiger partial charge in [-0.3, -0.25) is 0 Å². The summed E-state index contributed by atoms with van der Waals surface area (Å²) in [4.78, 5) is 8.91. The van der Waals surface area contributed by atoms with Crippen LogP contribution in [0.25, 0.3) is 0 Å². The fourth-order valence-corrected chi connectivity index (χ4v) is 2.00. The van der Waals surface area contributed by atoms with Gasteiger partial charge in [-0.05, 0) is 38.0 Å². The lowest BCUT2D eigenvalue weighted by molar-refractivity contribution is 0.928.